The van der Waals surface area contributed by atoms with Crippen LogP contribution in [0.25, 0.3) is 0 Å². The third kappa shape index (κ3) is 15.7. The van der Waals surface area contributed by atoms with Crippen molar-refractivity contribution in [3.05, 3.63) is 96.1 Å². The van der Waals surface area contributed by atoms with Gasteiger partial charge in [0, 0.05) is 29.9 Å². The van der Waals surface area contributed by atoms with Gasteiger partial charge in [-0.2, -0.15) is 13.2 Å². The van der Waals surface area contributed by atoms with Crippen LogP contribution in [0.2, 0.25) is 0 Å². The van der Waals surface area contributed by atoms with Crippen LogP contribution in [0.1, 0.15) is 36.8 Å². The molecule has 42 heavy (non-hydrogen) atoms. The van der Waals surface area contributed by atoms with Crippen LogP contribution in [0.15, 0.2) is 84.9 Å². The summed E-state index contributed by atoms with van der Waals surface area (Å²) in [5, 5.41) is 8.36. The van der Waals surface area contributed by atoms with Crippen molar-refractivity contribution < 1.29 is 22.7 Å². The number of urea groups is 1. The zero-order valence-electron chi connectivity index (χ0n) is 24.3. The van der Waals surface area contributed by atoms with Crippen molar-refractivity contribution in [3.63, 3.8) is 0 Å². The minimum absolute atomic E-state index is 0.00583. The van der Waals surface area contributed by atoms with Gasteiger partial charge in [-0.05, 0) is 94.4 Å². The van der Waals surface area contributed by atoms with Crippen LogP contribution >= 0.6 is 0 Å². The average molecular weight is 583 g/mol. The number of alkyl halides is 3. The molecule has 2 amide bonds. The van der Waals surface area contributed by atoms with Gasteiger partial charge in [-0.1, -0.05) is 48.2 Å². The molecule has 1 aliphatic rings. The molecule has 1 aliphatic heterocycles. The number of amides is 2. The van der Waals surface area contributed by atoms with Gasteiger partial charge in [0.15, 0.2) is 0 Å². The summed E-state index contributed by atoms with van der Waals surface area (Å²) >= 11 is 0. The van der Waals surface area contributed by atoms with Crippen LogP contribution in [0.3, 0.4) is 0 Å². The maximum absolute atomic E-state index is 12.4. The number of carbonyl (C=O) groups is 1. The van der Waals surface area contributed by atoms with E-state index in [2.05, 4.69) is 22.5 Å². The highest BCUT2D eigenvalue weighted by Gasteiger charge is 2.24. The highest BCUT2D eigenvalue weighted by molar-refractivity contribution is 5.89. The van der Waals surface area contributed by atoms with Gasteiger partial charge in [-0.3, -0.25) is 0 Å². The molecule has 0 spiro atoms. The van der Waals surface area contributed by atoms with Crippen molar-refractivity contribution in [2.24, 2.45) is 0 Å². The third-order valence-electron chi connectivity index (χ3n) is 5.97. The summed E-state index contributed by atoms with van der Waals surface area (Å²) in [4.78, 5) is 14.3. The van der Waals surface area contributed by atoms with Gasteiger partial charge < -0.3 is 25.6 Å². The third-order valence-corrected chi connectivity index (χ3v) is 5.97. The lowest BCUT2D eigenvalue weighted by atomic mass is 10.2. The quantitative estimate of drug-likeness (QED) is 0.307. The number of carbonyl (C=O) groups excluding carboxylic acids is 1. The largest absolute Gasteiger partial charge is 0.497 e. The first-order chi connectivity index (χ1) is 20.3. The fourth-order valence-electron chi connectivity index (χ4n) is 3.81. The number of methoxy groups -OCH3 is 1. The number of anilines is 1. The van der Waals surface area contributed by atoms with Crippen molar-refractivity contribution >= 4 is 11.7 Å². The molecule has 0 atom stereocenters. The van der Waals surface area contributed by atoms with Gasteiger partial charge in [0.2, 0.25) is 0 Å². The first-order valence-corrected chi connectivity index (χ1v) is 14.0. The number of benzene rings is 3. The number of nitrogens with one attached hydrogen (secondary N) is 3. The van der Waals surface area contributed by atoms with Crippen molar-refractivity contribution in [3.8, 4) is 17.6 Å². The van der Waals surface area contributed by atoms with Gasteiger partial charge in [-0.25, -0.2) is 4.79 Å². The second kappa shape index (κ2) is 20.0. The van der Waals surface area contributed by atoms with Crippen LogP contribution in [-0.2, 0) is 0 Å². The van der Waals surface area contributed by atoms with E-state index in [1.54, 1.807) is 7.11 Å². The van der Waals surface area contributed by atoms with Crippen molar-refractivity contribution in [2.45, 2.75) is 31.9 Å². The molecule has 1 fully saturated rings. The van der Waals surface area contributed by atoms with Crippen LogP contribution in [0.4, 0.5) is 23.7 Å². The van der Waals surface area contributed by atoms with E-state index in [0.717, 1.165) is 74.4 Å². The Morgan fingerprint density at radius 2 is 1.33 bits per heavy atom. The molecule has 3 aromatic rings. The topological polar surface area (TPSA) is 65.6 Å². The van der Waals surface area contributed by atoms with Gasteiger partial charge in [0.25, 0.3) is 0 Å². The molecule has 0 radical (unpaired) electrons. The summed E-state index contributed by atoms with van der Waals surface area (Å²) in [7, 11) is 2.89. The van der Waals surface area contributed by atoms with Gasteiger partial charge >= 0.3 is 12.2 Å². The number of halogens is 3. The van der Waals surface area contributed by atoms with Gasteiger partial charge in [0.05, 0.1) is 13.7 Å². The van der Waals surface area contributed by atoms with E-state index in [-0.39, 0.29) is 6.03 Å². The summed E-state index contributed by atoms with van der Waals surface area (Å²) < 4.78 is 38.1. The molecular weight excluding hydrogens is 541 g/mol. The lowest BCUT2D eigenvalue weighted by Gasteiger charge is -2.24. The Kier molecular flexibility index (Phi) is 16.3. The molecule has 226 valence electrons. The molecule has 1 saturated heterocycles. The van der Waals surface area contributed by atoms with E-state index < -0.39 is 12.7 Å². The molecule has 0 aromatic heterocycles. The average Bonchev–Trinajstić information content (AvgIpc) is 3.00. The predicted molar refractivity (Wildman–Crippen MR) is 164 cm³/mol. The Morgan fingerprint density at radius 3 is 1.74 bits per heavy atom. The van der Waals surface area contributed by atoms with Crippen LogP contribution in [0.5, 0.6) is 5.75 Å². The summed E-state index contributed by atoms with van der Waals surface area (Å²) in [5.74, 6) is 7.01. The molecule has 1 heterocycles. The number of hydrogen-bond donors (Lipinski definition) is 3. The Balaban J connectivity index is 0.000000252. The highest BCUT2D eigenvalue weighted by Crippen LogP contribution is 2.16. The van der Waals surface area contributed by atoms with Gasteiger partial charge in [-0.15, -0.1) is 0 Å². The Bertz CT molecular complexity index is 1140. The van der Waals surface area contributed by atoms with Crippen molar-refractivity contribution in [2.75, 3.05) is 52.2 Å². The fourth-order valence-corrected chi connectivity index (χ4v) is 3.81. The SMILES string of the molecule is C(#Cc1ccccc1)c1ccccc1.CNCC(F)(F)F.COc1ccc(NC(=O)N2CCCCNCCCC2)cc1. The minimum atomic E-state index is -4.06. The number of nitrogens with zero attached hydrogens (tertiary/aromatic N) is 1. The van der Waals surface area contributed by atoms with E-state index in [1.165, 1.54) is 7.05 Å². The normalized spacial score (nSPS) is 13.5. The molecule has 0 saturated carbocycles. The van der Waals surface area contributed by atoms with E-state index in [4.69, 9.17) is 4.74 Å². The molecular formula is C33H41F3N4O2. The minimum Gasteiger partial charge on any atom is -0.497 e. The lowest BCUT2D eigenvalue weighted by Crippen LogP contribution is -2.37. The molecule has 3 N–H and O–H groups in total. The molecule has 0 bridgehead atoms. The second-order valence-electron chi connectivity index (χ2n) is 9.44. The monoisotopic (exact) mass is 582 g/mol. The standard InChI is InChI=1S/C16H25N3O2.C14H10.C3H6F3N/c1-21-15-8-6-14(7-9-15)18-16(20)19-12-4-2-10-17-11-3-5-13-19;1-3-7-13(8-4-1)11-12-14-9-5-2-6-10-14;1-7-2-3(4,5)6/h6-9,17H,2-5,10-13H2,1H3,(H,18,20);1-10H;7H,2H2,1H3. The Hall–Kier alpha value is -4.00. The number of hydrogen-bond acceptors (Lipinski definition) is 4. The second-order valence-corrected chi connectivity index (χ2v) is 9.44. The first-order valence-electron chi connectivity index (χ1n) is 14.0. The number of ether oxygens (including phenoxy) is 1. The molecule has 9 heteroatoms. The summed E-state index contributed by atoms with van der Waals surface area (Å²) in [6, 6.07) is 27.4. The zero-order chi connectivity index (χ0) is 30.5. The van der Waals surface area contributed by atoms with Crippen LogP contribution in [-0.4, -0.2) is 64.0 Å². The lowest BCUT2D eigenvalue weighted by molar-refractivity contribution is -0.123. The maximum Gasteiger partial charge on any atom is 0.401 e. The molecule has 0 unspecified atom stereocenters. The smallest absolute Gasteiger partial charge is 0.401 e. The molecule has 4 rings (SSSR count). The van der Waals surface area contributed by atoms with E-state index >= 15 is 0 Å². The van der Waals surface area contributed by atoms with E-state index in [1.807, 2.05) is 95.1 Å². The van der Waals surface area contributed by atoms with Gasteiger partial charge in [0.1, 0.15) is 5.75 Å². The maximum atomic E-state index is 12.4. The first kappa shape index (κ1) is 34.2. The summed E-state index contributed by atoms with van der Waals surface area (Å²) in [6.45, 7) is 2.84. The summed E-state index contributed by atoms with van der Waals surface area (Å²) in [5.41, 5.74) is 2.91. The predicted octanol–water partition coefficient (Wildman–Crippen LogP) is 6.55. The molecule has 3 aromatic carbocycles. The molecule has 0 aliphatic carbocycles. The fraction of sp³-hybridized carbons (Fsp3) is 0.364. The number of rotatable bonds is 3. The van der Waals surface area contributed by atoms with E-state index in [9.17, 15) is 18.0 Å². The van der Waals surface area contributed by atoms with Crippen molar-refractivity contribution in [1.82, 2.24) is 15.5 Å². The van der Waals surface area contributed by atoms with Crippen LogP contribution in [0, 0.1) is 11.8 Å². The van der Waals surface area contributed by atoms with Crippen LogP contribution < -0.4 is 20.7 Å². The highest BCUT2D eigenvalue weighted by atomic mass is 19.4. The summed E-state index contributed by atoms with van der Waals surface area (Å²) in [6.07, 6.45) is 0.263. The zero-order valence-corrected chi connectivity index (χ0v) is 24.3. The Morgan fingerprint density at radius 1 is 0.833 bits per heavy atom. The van der Waals surface area contributed by atoms with Crippen molar-refractivity contribution in [1.29, 1.82) is 0 Å². The Labute approximate surface area is 247 Å². The molecule has 6 nitrogen and oxygen atoms in total. The van der Waals surface area contributed by atoms with E-state index in [0.29, 0.717) is 0 Å².